The maximum atomic E-state index is 13.7. The molecule has 16 heteroatoms. The average Bonchev–Trinajstić information content (AvgIpc) is 3.03. The Kier molecular flexibility index (Phi) is 11.9. The van der Waals surface area contributed by atoms with E-state index in [9.17, 15) is 49.4 Å². The zero-order valence-electron chi connectivity index (χ0n) is 25.8. The third-order valence-corrected chi connectivity index (χ3v) is 7.15. The lowest BCUT2D eigenvalue weighted by molar-refractivity contribution is -0.143. The van der Waals surface area contributed by atoms with E-state index in [0.29, 0.717) is 46.7 Å². The van der Waals surface area contributed by atoms with Crippen molar-refractivity contribution in [3.63, 3.8) is 0 Å². The Bertz CT molecular complexity index is 1790. The molecule has 4 rings (SSSR count). The molecule has 0 spiro atoms. The van der Waals surface area contributed by atoms with Gasteiger partial charge in [0.2, 0.25) is 5.88 Å². The first kappa shape index (κ1) is 38.6. The molecular weight excluding hydrogens is 673 g/mol. The Hall–Kier alpha value is -4.83. The Balaban J connectivity index is 0.00000319. The van der Waals surface area contributed by atoms with Crippen molar-refractivity contribution in [2.24, 2.45) is 0 Å². The van der Waals surface area contributed by atoms with Crippen LogP contribution in [0.5, 0.6) is 5.88 Å². The van der Waals surface area contributed by atoms with Crippen molar-refractivity contribution < 1.29 is 59.3 Å². The van der Waals surface area contributed by atoms with Crippen LogP contribution in [0.2, 0.25) is 0 Å². The maximum Gasteiger partial charge on any atom is 0.433 e. The molecule has 2 aromatic carbocycles. The largest absolute Gasteiger partial charge is 0.481 e. The van der Waals surface area contributed by atoms with E-state index in [1.54, 1.807) is 31.2 Å². The van der Waals surface area contributed by atoms with Gasteiger partial charge in [-0.2, -0.15) is 39.5 Å². The second kappa shape index (κ2) is 15.2. The molecule has 0 radical (unpaired) electrons. The number of ether oxygens (including phenoxy) is 1. The fourth-order valence-electron chi connectivity index (χ4n) is 4.90. The number of aldehydes is 1. The number of carbonyl (C=O) groups is 1. The predicted molar refractivity (Wildman–Crippen MR) is 160 cm³/mol. The number of rotatable bonds is 9. The van der Waals surface area contributed by atoms with Crippen LogP contribution in [-0.2, 0) is 24.9 Å². The van der Waals surface area contributed by atoms with Crippen molar-refractivity contribution in [1.29, 1.82) is 5.41 Å². The van der Waals surface area contributed by atoms with Gasteiger partial charge in [0.15, 0.2) is 0 Å². The predicted octanol–water partition coefficient (Wildman–Crippen LogP) is 8.29. The van der Waals surface area contributed by atoms with Gasteiger partial charge in [-0.25, -0.2) is 4.98 Å². The van der Waals surface area contributed by atoms with Crippen molar-refractivity contribution in [3.05, 3.63) is 100.0 Å². The van der Waals surface area contributed by atoms with Gasteiger partial charge in [-0.1, -0.05) is 12.1 Å². The van der Waals surface area contributed by atoms with Crippen molar-refractivity contribution >= 4 is 12.0 Å². The van der Waals surface area contributed by atoms with Crippen LogP contribution >= 0.6 is 0 Å². The number of methoxy groups -OCH3 is 1. The standard InChI is InChI=1S/C32H24F9N3O3.CH4O/c1-16-5-17(15-45)3-4-24(16)20-9-25(29(47-2)44-13-20)26-14-43-28(32(39,40)41)10-18(26)8-23(42)12-27(46)19-6-21(30(33,34)35)11-22(7-19)31(36,37)38;1-2/h3-7,9-11,13-15,27,42,46H,8,12H2,1-2H3;2H,1H3. The minimum atomic E-state index is -5.18. The molecular formula is C33H28F9N3O4. The number of nitrogens with zero attached hydrogens (tertiary/aromatic N) is 2. The number of hydrogen-bond acceptors (Lipinski definition) is 7. The molecule has 3 N–H and O–H groups in total. The summed E-state index contributed by atoms with van der Waals surface area (Å²) in [5.74, 6) is -0.0334. The third-order valence-electron chi connectivity index (χ3n) is 7.15. The monoisotopic (exact) mass is 701 g/mol. The van der Waals surface area contributed by atoms with Gasteiger partial charge in [-0.15, -0.1) is 0 Å². The van der Waals surface area contributed by atoms with Gasteiger partial charge in [-0.3, -0.25) is 9.78 Å². The van der Waals surface area contributed by atoms with Crippen molar-refractivity contribution in [2.45, 2.75) is 44.4 Å². The van der Waals surface area contributed by atoms with Crippen molar-refractivity contribution in [2.75, 3.05) is 14.2 Å². The zero-order chi connectivity index (χ0) is 36.9. The number of aliphatic hydroxyl groups is 2. The first-order chi connectivity index (χ1) is 22.8. The Labute approximate surface area is 273 Å². The number of nitrogens with one attached hydrogen (secondary N) is 1. The number of aromatic nitrogens is 2. The third kappa shape index (κ3) is 9.41. The van der Waals surface area contributed by atoms with Crippen LogP contribution in [0.15, 0.2) is 60.9 Å². The second-order valence-corrected chi connectivity index (χ2v) is 10.5. The van der Waals surface area contributed by atoms with Gasteiger partial charge in [0.05, 0.1) is 24.3 Å². The molecule has 49 heavy (non-hydrogen) atoms. The maximum absolute atomic E-state index is 13.7. The second-order valence-electron chi connectivity index (χ2n) is 10.5. The Morgan fingerprint density at radius 1 is 0.837 bits per heavy atom. The topological polar surface area (TPSA) is 116 Å². The van der Waals surface area contributed by atoms with E-state index in [1.807, 2.05) is 0 Å². The molecule has 0 saturated carbocycles. The fraction of sp³-hybridized carbons (Fsp3) is 0.273. The van der Waals surface area contributed by atoms with Crippen LogP contribution in [0.25, 0.3) is 22.3 Å². The highest BCUT2D eigenvalue weighted by atomic mass is 19.4. The summed E-state index contributed by atoms with van der Waals surface area (Å²) in [6, 6.07) is 7.54. The van der Waals surface area contributed by atoms with Gasteiger partial charge in [0, 0.05) is 60.3 Å². The summed E-state index contributed by atoms with van der Waals surface area (Å²) in [5, 5.41) is 26.0. The molecule has 0 aliphatic carbocycles. The SMILES string of the molecule is CO.COc1ncc(-c2ccc(C=O)cc2C)cc1-c1cnc(C(F)(F)F)cc1CC(=N)CC(O)c1cc(C(F)(F)F)cc(C(F)(F)F)c1. The van der Waals surface area contributed by atoms with Gasteiger partial charge in [0.1, 0.15) is 12.0 Å². The normalized spacial score (nSPS) is 12.5. The van der Waals surface area contributed by atoms with Gasteiger partial charge >= 0.3 is 18.5 Å². The smallest absolute Gasteiger partial charge is 0.433 e. The molecule has 0 aliphatic heterocycles. The van der Waals surface area contributed by atoms with Crippen LogP contribution in [0.4, 0.5) is 39.5 Å². The molecule has 0 amide bonds. The zero-order valence-corrected chi connectivity index (χ0v) is 25.8. The molecule has 4 aromatic rings. The lowest BCUT2D eigenvalue weighted by Crippen LogP contribution is -2.15. The summed E-state index contributed by atoms with van der Waals surface area (Å²) in [6.07, 6.45) is -15.7. The van der Waals surface area contributed by atoms with E-state index >= 15 is 0 Å². The van der Waals surface area contributed by atoms with E-state index in [-0.39, 0.29) is 28.6 Å². The summed E-state index contributed by atoms with van der Waals surface area (Å²) in [6.45, 7) is 1.73. The average molecular weight is 702 g/mol. The highest BCUT2D eigenvalue weighted by molar-refractivity contribution is 5.88. The highest BCUT2D eigenvalue weighted by Crippen LogP contribution is 2.40. The van der Waals surface area contributed by atoms with Gasteiger partial charge in [-0.05, 0) is 65.6 Å². The Morgan fingerprint density at radius 2 is 1.45 bits per heavy atom. The number of aryl methyl sites for hydroxylation is 1. The molecule has 1 atom stereocenters. The summed E-state index contributed by atoms with van der Waals surface area (Å²) in [5.41, 5.74) is -3.74. The molecule has 2 aromatic heterocycles. The van der Waals surface area contributed by atoms with Crippen LogP contribution in [0.3, 0.4) is 0 Å². The van der Waals surface area contributed by atoms with Crippen LogP contribution < -0.4 is 4.74 Å². The van der Waals surface area contributed by atoms with Crippen LogP contribution in [-0.4, -0.2) is 46.4 Å². The lowest BCUT2D eigenvalue weighted by atomic mass is 9.92. The summed E-state index contributed by atoms with van der Waals surface area (Å²) in [4.78, 5) is 18.9. The molecule has 0 fully saturated rings. The van der Waals surface area contributed by atoms with E-state index in [0.717, 1.165) is 13.3 Å². The quantitative estimate of drug-likeness (QED) is 0.0919. The lowest BCUT2D eigenvalue weighted by Gasteiger charge is -2.19. The van der Waals surface area contributed by atoms with E-state index in [2.05, 4.69) is 9.97 Å². The van der Waals surface area contributed by atoms with E-state index in [4.69, 9.17) is 15.3 Å². The molecule has 7 nitrogen and oxygen atoms in total. The summed E-state index contributed by atoms with van der Waals surface area (Å²) in [7, 11) is 2.26. The Morgan fingerprint density at radius 3 is 1.96 bits per heavy atom. The number of hydrogen-bond donors (Lipinski definition) is 3. The number of alkyl halides is 9. The fourth-order valence-corrected chi connectivity index (χ4v) is 4.90. The van der Waals surface area contributed by atoms with Crippen molar-refractivity contribution in [1.82, 2.24) is 9.97 Å². The van der Waals surface area contributed by atoms with Gasteiger partial charge < -0.3 is 20.4 Å². The van der Waals surface area contributed by atoms with Crippen molar-refractivity contribution in [3.8, 4) is 28.1 Å². The first-order valence-electron chi connectivity index (χ1n) is 14.0. The minimum absolute atomic E-state index is 0.0315. The number of benzene rings is 2. The van der Waals surface area contributed by atoms with E-state index in [1.165, 1.54) is 13.3 Å². The molecule has 0 bridgehead atoms. The summed E-state index contributed by atoms with van der Waals surface area (Å²) < 4.78 is 126. The number of pyridine rings is 2. The first-order valence-corrected chi connectivity index (χ1v) is 14.0. The molecule has 262 valence electrons. The van der Waals surface area contributed by atoms with Crippen LogP contribution in [0, 0.1) is 12.3 Å². The van der Waals surface area contributed by atoms with Crippen LogP contribution in [0.1, 0.15) is 56.4 Å². The number of aliphatic hydroxyl groups excluding tert-OH is 2. The number of halogens is 9. The highest BCUT2D eigenvalue weighted by Gasteiger charge is 2.38. The molecule has 0 saturated heterocycles. The van der Waals surface area contributed by atoms with E-state index < -0.39 is 65.6 Å². The molecule has 1 unspecified atom stereocenters. The minimum Gasteiger partial charge on any atom is -0.481 e. The summed E-state index contributed by atoms with van der Waals surface area (Å²) >= 11 is 0. The number of carbonyl (C=O) groups excluding carboxylic acids is 1. The molecule has 2 heterocycles. The van der Waals surface area contributed by atoms with Gasteiger partial charge in [0.25, 0.3) is 0 Å². The molecule has 0 aliphatic rings.